The minimum atomic E-state index is -0.175. The van der Waals surface area contributed by atoms with Crippen molar-refractivity contribution in [2.45, 2.75) is 33.1 Å². The molecule has 1 aromatic heterocycles. The topological polar surface area (TPSA) is 53.1 Å². The fourth-order valence-electron chi connectivity index (χ4n) is 2.87. The molecule has 0 fully saturated rings. The summed E-state index contributed by atoms with van der Waals surface area (Å²) in [7, 11) is 0. The van der Waals surface area contributed by atoms with Gasteiger partial charge in [0.2, 0.25) is 0 Å². The number of fused-ring (bicyclic) bond motifs is 1. The monoisotopic (exact) mass is 307 g/mol. The zero-order valence-electron chi connectivity index (χ0n) is 13.9. The van der Waals surface area contributed by atoms with Crippen LogP contribution in [0.5, 0.6) is 5.75 Å². The lowest BCUT2D eigenvalue weighted by molar-refractivity contribution is 0.481. The summed E-state index contributed by atoms with van der Waals surface area (Å²) in [5.74, 6) is 0.00935. The Balaban J connectivity index is 2.20. The van der Waals surface area contributed by atoms with E-state index in [1.165, 1.54) is 11.6 Å². The van der Waals surface area contributed by atoms with Crippen LogP contribution in [0.25, 0.3) is 22.2 Å². The van der Waals surface area contributed by atoms with E-state index in [4.69, 9.17) is 0 Å². The van der Waals surface area contributed by atoms with Crippen molar-refractivity contribution < 1.29 is 5.11 Å². The number of H-pyrrole nitrogens is 1. The fourth-order valence-corrected chi connectivity index (χ4v) is 2.87. The first kappa shape index (κ1) is 15.3. The number of phenols is 1. The number of aromatic hydroxyl groups is 1. The van der Waals surface area contributed by atoms with Crippen LogP contribution >= 0.6 is 0 Å². The smallest absolute Gasteiger partial charge is 0.193 e. The van der Waals surface area contributed by atoms with Crippen LogP contribution in [0, 0.1) is 6.92 Å². The van der Waals surface area contributed by atoms with Crippen LogP contribution in [-0.4, -0.2) is 10.1 Å². The highest BCUT2D eigenvalue weighted by Gasteiger charge is 2.15. The molecule has 3 aromatic rings. The standard InChI is InChI=1S/C20H21NO2/c1-12-10-13(20(2,3)4)8-9-14(12)16-11-18(23)19-15(21-16)6-5-7-17(19)22/h5-11,22H,1-4H3,(H,21,23). The molecule has 0 aliphatic heterocycles. The van der Waals surface area contributed by atoms with Gasteiger partial charge < -0.3 is 10.1 Å². The van der Waals surface area contributed by atoms with Gasteiger partial charge in [0.25, 0.3) is 0 Å². The van der Waals surface area contributed by atoms with Crippen molar-refractivity contribution in [3.63, 3.8) is 0 Å². The van der Waals surface area contributed by atoms with Crippen molar-refractivity contribution in [2.24, 2.45) is 0 Å². The molecule has 0 bridgehead atoms. The van der Waals surface area contributed by atoms with Crippen molar-refractivity contribution in [1.29, 1.82) is 0 Å². The molecule has 3 nitrogen and oxygen atoms in total. The van der Waals surface area contributed by atoms with Gasteiger partial charge in [-0.1, -0.05) is 45.0 Å². The number of aromatic nitrogens is 1. The largest absolute Gasteiger partial charge is 0.507 e. The lowest BCUT2D eigenvalue weighted by atomic mass is 9.85. The number of aromatic amines is 1. The molecule has 0 atom stereocenters. The number of phenolic OH excluding ortho intramolecular Hbond substituents is 1. The first-order chi connectivity index (χ1) is 10.8. The molecule has 0 amide bonds. The molecule has 1 heterocycles. The van der Waals surface area contributed by atoms with Crippen molar-refractivity contribution in [2.75, 3.05) is 0 Å². The molecule has 23 heavy (non-hydrogen) atoms. The zero-order valence-corrected chi connectivity index (χ0v) is 13.9. The Hall–Kier alpha value is -2.55. The van der Waals surface area contributed by atoms with Crippen LogP contribution in [-0.2, 0) is 5.41 Å². The lowest BCUT2D eigenvalue weighted by Crippen LogP contribution is -2.11. The molecule has 2 aromatic carbocycles. The summed E-state index contributed by atoms with van der Waals surface area (Å²) in [6, 6.07) is 12.9. The summed E-state index contributed by atoms with van der Waals surface area (Å²) in [5.41, 5.74) is 4.71. The predicted octanol–water partition coefficient (Wildman–Crippen LogP) is 4.51. The van der Waals surface area contributed by atoms with E-state index in [1.54, 1.807) is 18.2 Å². The quantitative estimate of drug-likeness (QED) is 0.695. The van der Waals surface area contributed by atoms with Gasteiger partial charge in [-0.05, 0) is 35.6 Å². The number of hydrogen-bond donors (Lipinski definition) is 2. The number of nitrogens with one attached hydrogen (secondary N) is 1. The van der Waals surface area contributed by atoms with Gasteiger partial charge in [-0.25, -0.2) is 0 Å². The van der Waals surface area contributed by atoms with Gasteiger partial charge in [0.05, 0.1) is 10.9 Å². The van der Waals surface area contributed by atoms with Gasteiger partial charge in [0.15, 0.2) is 5.43 Å². The van der Waals surface area contributed by atoms with Crippen molar-refractivity contribution >= 4 is 10.9 Å². The predicted molar refractivity (Wildman–Crippen MR) is 95.1 cm³/mol. The SMILES string of the molecule is Cc1cc(C(C)(C)C)ccc1-c1cc(=O)c2c(O)cccc2[nH]1. The van der Waals surface area contributed by atoms with Gasteiger partial charge >= 0.3 is 0 Å². The molecule has 118 valence electrons. The Kier molecular flexibility index (Phi) is 3.52. The van der Waals surface area contributed by atoms with E-state index in [2.05, 4.69) is 50.9 Å². The minimum Gasteiger partial charge on any atom is -0.507 e. The normalized spacial score (nSPS) is 11.8. The second-order valence-corrected chi connectivity index (χ2v) is 7.03. The Morgan fingerprint density at radius 2 is 1.78 bits per heavy atom. The van der Waals surface area contributed by atoms with Crippen molar-refractivity contribution in [3.8, 4) is 17.0 Å². The first-order valence-corrected chi connectivity index (χ1v) is 7.74. The molecule has 0 unspecified atom stereocenters. The highest BCUT2D eigenvalue weighted by Crippen LogP contribution is 2.29. The number of aryl methyl sites for hydroxylation is 1. The van der Waals surface area contributed by atoms with Gasteiger partial charge in [0.1, 0.15) is 5.75 Å². The van der Waals surface area contributed by atoms with E-state index >= 15 is 0 Å². The van der Waals surface area contributed by atoms with Crippen LogP contribution in [0.1, 0.15) is 31.9 Å². The Bertz CT molecular complexity index is 946. The van der Waals surface area contributed by atoms with Gasteiger partial charge in [0, 0.05) is 17.3 Å². The van der Waals surface area contributed by atoms with Gasteiger partial charge in [-0.2, -0.15) is 0 Å². The number of rotatable bonds is 1. The zero-order chi connectivity index (χ0) is 16.8. The highest BCUT2D eigenvalue weighted by atomic mass is 16.3. The average molecular weight is 307 g/mol. The first-order valence-electron chi connectivity index (χ1n) is 7.74. The Labute approximate surface area is 135 Å². The summed E-state index contributed by atoms with van der Waals surface area (Å²) >= 11 is 0. The van der Waals surface area contributed by atoms with Crippen molar-refractivity contribution in [1.82, 2.24) is 4.98 Å². The summed E-state index contributed by atoms with van der Waals surface area (Å²) in [6.07, 6.45) is 0. The van der Waals surface area contributed by atoms with E-state index in [0.717, 1.165) is 16.8 Å². The van der Waals surface area contributed by atoms with Crippen LogP contribution in [0.3, 0.4) is 0 Å². The third-order valence-electron chi connectivity index (χ3n) is 4.22. The second-order valence-electron chi connectivity index (χ2n) is 7.03. The third kappa shape index (κ3) is 2.74. The second kappa shape index (κ2) is 5.27. The van der Waals surface area contributed by atoms with Crippen LogP contribution in [0.15, 0.2) is 47.3 Å². The Morgan fingerprint density at radius 1 is 1.04 bits per heavy atom. The van der Waals surface area contributed by atoms with E-state index < -0.39 is 0 Å². The fraction of sp³-hybridized carbons (Fsp3) is 0.250. The summed E-state index contributed by atoms with van der Waals surface area (Å²) in [4.78, 5) is 15.6. The molecule has 0 saturated heterocycles. The van der Waals surface area contributed by atoms with E-state index in [1.807, 2.05) is 0 Å². The molecule has 0 aliphatic rings. The van der Waals surface area contributed by atoms with E-state index in [9.17, 15) is 9.90 Å². The molecule has 0 spiro atoms. The van der Waals surface area contributed by atoms with E-state index in [0.29, 0.717) is 10.9 Å². The molecular formula is C20H21NO2. The third-order valence-corrected chi connectivity index (χ3v) is 4.22. The number of pyridine rings is 1. The molecule has 3 rings (SSSR count). The Morgan fingerprint density at radius 3 is 2.43 bits per heavy atom. The number of hydrogen-bond acceptors (Lipinski definition) is 2. The minimum absolute atomic E-state index is 0.00935. The maximum Gasteiger partial charge on any atom is 0.193 e. The van der Waals surface area contributed by atoms with Crippen molar-refractivity contribution in [3.05, 3.63) is 63.8 Å². The molecule has 0 radical (unpaired) electrons. The molecule has 3 heteroatoms. The summed E-state index contributed by atoms with van der Waals surface area (Å²) in [6.45, 7) is 8.60. The molecule has 2 N–H and O–H groups in total. The van der Waals surface area contributed by atoms with Crippen LogP contribution in [0.2, 0.25) is 0 Å². The van der Waals surface area contributed by atoms with Crippen LogP contribution in [0.4, 0.5) is 0 Å². The van der Waals surface area contributed by atoms with Gasteiger partial charge in [-0.15, -0.1) is 0 Å². The van der Waals surface area contributed by atoms with Crippen LogP contribution < -0.4 is 5.43 Å². The summed E-state index contributed by atoms with van der Waals surface area (Å²) in [5, 5.41) is 10.2. The average Bonchev–Trinajstić information content (AvgIpc) is 2.45. The molecule has 0 aliphatic carbocycles. The highest BCUT2D eigenvalue weighted by molar-refractivity contribution is 5.86. The maximum atomic E-state index is 12.4. The number of benzene rings is 2. The molecular weight excluding hydrogens is 286 g/mol. The lowest BCUT2D eigenvalue weighted by Gasteiger charge is -2.20. The van der Waals surface area contributed by atoms with E-state index in [-0.39, 0.29) is 16.6 Å². The van der Waals surface area contributed by atoms with Gasteiger partial charge in [-0.3, -0.25) is 4.79 Å². The maximum absolute atomic E-state index is 12.4. The molecule has 0 saturated carbocycles. The summed E-state index contributed by atoms with van der Waals surface area (Å²) < 4.78 is 0.